The van der Waals surface area contributed by atoms with E-state index in [4.69, 9.17) is 4.74 Å². The summed E-state index contributed by atoms with van der Waals surface area (Å²) in [6.45, 7) is 0.432. The van der Waals surface area contributed by atoms with Crippen LogP contribution in [0.4, 0.5) is 0 Å². The summed E-state index contributed by atoms with van der Waals surface area (Å²) in [5, 5.41) is 8.72. The number of benzene rings is 3. The van der Waals surface area contributed by atoms with Gasteiger partial charge in [0.25, 0.3) is 0 Å². The minimum absolute atomic E-state index is 0.432. The van der Waals surface area contributed by atoms with Crippen molar-refractivity contribution < 1.29 is 4.74 Å². The second-order valence-corrected chi connectivity index (χ2v) is 5.37. The van der Waals surface area contributed by atoms with Gasteiger partial charge in [0.2, 0.25) is 5.90 Å². The van der Waals surface area contributed by atoms with Crippen LogP contribution >= 0.6 is 0 Å². The molecule has 0 bridgehead atoms. The van der Waals surface area contributed by atoms with E-state index >= 15 is 0 Å². The molecule has 0 amide bonds. The molecule has 0 saturated carbocycles. The standard InChI is InChI=1S/C20H16N2O/c1-2-7-16(8-3-1)13-14-22-15-23-20(21-22)19-12-6-10-17-9-4-5-11-18(17)19/h1-14H,15H2. The van der Waals surface area contributed by atoms with Gasteiger partial charge in [0.1, 0.15) is 0 Å². The van der Waals surface area contributed by atoms with Crippen LogP contribution in [0.2, 0.25) is 0 Å². The highest BCUT2D eigenvalue weighted by molar-refractivity contribution is 6.07. The molecule has 0 aliphatic carbocycles. The van der Waals surface area contributed by atoms with Gasteiger partial charge in [0.15, 0.2) is 6.73 Å². The van der Waals surface area contributed by atoms with E-state index in [1.165, 1.54) is 5.39 Å². The zero-order valence-electron chi connectivity index (χ0n) is 12.6. The number of fused-ring (bicyclic) bond motifs is 1. The molecular formula is C20H16N2O. The molecule has 0 fully saturated rings. The quantitative estimate of drug-likeness (QED) is 0.713. The van der Waals surface area contributed by atoms with Gasteiger partial charge >= 0.3 is 0 Å². The number of nitrogens with zero attached hydrogens (tertiary/aromatic N) is 2. The van der Waals surface area contributed by atoms with E-state index in [0.717, 1.165) is 16.5 Å². The number of hydrogen-bond acceptors (Lipinski definition) is 3. The SMILES string of the molecule is C(=CN1COC(c2cccc3ccccc23)=N1)c1ccccc1. The van der Waals surface area contributed by atoms with Crippen LogP contribution in [0.1, 0.15) is 11.1 Å². The van der Waals surface area contributed by atoms with E-state index in [-0.39, 0.29) is 0 Å². The first-order chi connectivity index (χ1) is 11.4. The van der Waals surface area contributed by atoms with Gasteiger partial charge in [-0.2, -0.15) is 0 Å². The zero-order chi connectivity index (χ0) is 15.5. The van der Waals surface area contributed by atoms with Gasteiger partial charge in [-0.3, -0.25) is 0 Å². The van der Waals surface area contributed by atoms with Crippen molar-refractivity contribution in [3.05, 3.63) is 90.1 Å². The van der Waals surface area contributed by atoms with Gasteiger partial charge in [-0.1, -0.05) is 66.7 Å². The summed E-state index contributed by atoms with van der Waals surface area (Å²) in [5.41, 5.74) is 2.17. The summed E-state index contributed by atoms with van der Waals surface area (Å²) in [6, 6.07) is 24.6. The Labute approximate surface area is 135 Å². The molecular weight excluding hydrogens is 284 g/mol. The third-order valence-electron chi connectivity index (χ3n) is 3.81. The third-order valence-corrected chi connectivity index (χ3v) is 3.81. The van der Waals surface area contributed by atoms with E-state index in [2.05, 4.69) is 35.4 Å². The first kappa shape index (κ1) is 13.6. The Morgan fingerprint density at radius 1 is 0.870 bits per heavy atom. The molecule has 1 heterocycles. The van der Waals surface area contributed by atoms with Crippen molar-refractivity contribution in [1.82, 2.24) is 5.01 Å². The van der Waals surface area contributed by atoms with Crippen LogP contribution in [0.15, 0.2) is 84.1 Å². The summed E-state index contributed by atoms with van der Waals surface area (Å²) < 4.78 is 5.77. The van der Waals surface area contributed by atoms with Crippen molar-refractivity contribution >= 4 is 22.7 Å². The number of hydrazone groups is 1. The first-order valence-electron chi connectivity index (χ1n) is 7.59. The number of ether oxygens (including phenoxy) is 1. The largest absolute Gasteiger partial charge is 0.453 e. The monoisotopic (exact) mass is 300 g/mol. The molecule has 0 unspecified atom stereocenters. The Hall–Kier alpha value is -3.07. The fraction of sp³-hybridized carbons (Fsp3) is 0.0500. The molecule has 0 spiro atoms. The molecule has 112 valence electrons. The highest BCUT2D eigenvalue weighted by atomic mass is 16.5. The summed E-state index contributed by atoms with van der Waals surface area (Å²) in [5.74, 6) is 0.666. The van der Waals surface area contributed by atoms with Crippen molar-refractivity contribution in [2.24, 2.45) is 5.10 Å². The summed E-state index contributed by atoms with van der Waals surface area (Å²) >= 11 is 0. The van der Waals surface area contributed by atoms with Gasteiger partial charge < -0.3 is 4.74 Å². The van der Waals surface area contributed by atoms with E-state index in [0.29, 0.717) is 12.6 Å². The van der Waals surface area contributed by atoms with Crippen molar-refractivity contribution in [1.29, 1.82) is 0 Å². The normalized spacial score (nSPS) is 14.3. The van der Waals surface area contributed by atoms with Gasteiger partial charge in [-0.15, -0.1) is 5.10 Å². The minimum atomic E-state index is 0.432. The maximum absolute atomic E-state index is 5.77. The van der Waals surface area contributed by atoms with Crippen molar-refractivity contribution in [2.45, 2.75) is 0 Å². The zero-order valence-corrected chi connectivity index (χ0v) is 12.6. The third kappa shape index (κ3) is 2.81. The highest BCUT2D eigenvalue weighted by Crippen LogP contribution is 2.22. The Morgan fingerprint density at radius 3 is 2.57 bits per heavy atom. The number of hydrogen-bond donors (Lipinski definition) is 0. The number of rotatable bonds is 3. The van der Waals surface area contributed by atoms with Crippen molar-refractivity contribution in [2.75, 3.05) is 6.73 Å². The van der Waals surface area contributed by atoms with Crippen LogP contribution < -0.4 is 0 Å². The summed E-state index contributed by atoms with van der Waals surface area (Å²) in [7, 11) is 0. The van der Waals surface area contributed by atoms with Crippen LogP contribution in [0, 0.1) is 0 Å². The molecule has 4 rings (SSSR count). The molecule has 1 aliphatic rings. The maximum atomic E-state index is 5.77. The minimum Gasteiger partial charge on any atom is -0.453 e. The van der Waals surface area contributed by atoms with Crippen LogP contribution in [-0.4, -0.2) is 17.6 Å². The van der Waals surface area contributed by atoms with Crippen molar-refractivity contribution in [3.8, 4) is 0 Å². The van der Waals surface area contributed by atoms with E-state index < -0.39 is 0 Å². The van der Waals surface area contributed by atoms with E-state index in [1.54, 1.807) is 0 Å². The smallest absolute Gasteiger partial charge is 0.241 e. The van der Waals surface area contributed by atoms with E-state index in [9.17, 15) is 0 Å². The highest BCUT2D eigenvalue weighted by Gasteiger charge is 2.17. The second kappa shape index (κ2) is 5.97. The van der Waals surface area contributed by atoms with Gasteiger partial charge in [0, 0.05) is 11.8 Å². The van der Waals surface area contributed by atoms with E-state index in [1.807, 2.05) is 59.7 Å². The van der Waals surface area contributed by atoms with Gasteiger partial charge in [-0.05, 0) is 28.5 Å². The molecule has 3 nitrogen and oxygen atoms in total. The molecule has 3 aromatic rings. The summed E-state index contributed by atoms with van der Waals surface area (Å²) in [6.07, 6.45) is 3.96. The Kier molecular flexibility index (Phi) is 3.53. The fourth-order valence-electron chi connectivity index (χ4n) is 2.66. The van der Waals surface area contributed by atoms with Crippen LogP contribution in [0.3, 0.4) is 0 Å². The topological polar surface area (TPSA) is 24.8 Å². The lowest BCUT2D eigenvalue weighted by Gasteiger charge is -2.04. The molecule has 0 saturated heterocycles. The summed E-state index contributed by atoms with van der Waals surface area (Å²) in [4.78, 5) is 0. The lowest BCUT2D eigenvalue weighted by molar-refractivity contribution is 0.219. The predicted molar refractivity (Wildman–Crippen MR) is 93.8 cm³/mol. The predicted octanol–water partition coefficient (Wildman–Crippen LogP) is 4.46. The molecule has 0 atom stereocenters. The lowest BCUT2D eigenvalue weighted by Crippen LogP contribution is -2.05. The molecule has 0 radical (unpaired) electrons. The molecule has 3 heteroatoms. The van der Waals surface area contributed by atoms with Crippen LogP contribution in [-0.2, 0) is 4.74 Å². The molecule has 1 aliphatic heterocycles. The van der Waals surface area contributed by atoms with Gasteiger partial charge in [-0.25, -0.2) is 5.01 Å². The maximum Gasteiger partial charge on any atom is 0.241 e. The fourth-order valence-corrected chi connectivity index (χ4v) is 2.66. The second-order valence-electron chi connectivity index (χ2n) is 5.37. The van der Waals surface area contributed by atoms with Crippen LogP contribution in [0.5, 0.6) is 0 Å². The Balaban J connectivity index is 1.62. The Morgan fingerprint density at radius 2 is 1.65 bits per heavy atom. The van der Waals surface area contributed by atoms with Gasteiger partial charge in [0.05, 0.1) is 0 Å². The molecule has 0 N–H and O–H groups in total. The Bertz CT molecular complexity index is 879. The molecule has 0 aromatic heterocycles. The molecule has 23 heavy (non-hydrogen) atoms. The molecule has 3 aromatic carbocycles. The average molecular weight is 300 g/mol. The lowest BCUT2D eigenvalue weighted by atomic mass is 10.0. The average Bonchev–Trinajstić information content (AvgIpc) is 3.09. The van der Waals surface area contributed by atoms with Crippen LogP contribution in [0.25, 0.3) is 16.8 Å². The first-order valence-corrected chi connectivity index (χ1v) is 7.59. The van der Waals surface area contributed by atoms with Crippen molar-refractivity contribution in [3.63, 3.8) is 0 Å².